The SMILES string of the molecule is Cc1ncc2c(OCCN3CCC(=Cc4cccc(N5CCCCC5)c4)CC3)cccc2n1. The molecule has 2 aromatic carbocycles. The van der Waals surface area contributed by atoms with Gasteiger partial charge >= 0.3 is 0 Å². The quantitative estimate of drug-likeness (QED) is 0.505. The van der Waals surface area contributed by atoms with E-state index in [0.29, 0.717) is 6.61 Å². The van der Waals surface area contributed by atoms with Crippen molar-refractivity contribution in [3.05, 3.63) is 65.6 Å². The molecule has 2 aliphatic rings. The molecule has 0 aliphatic carbocycles. The summed E-state index contributed by atoms with van der Waals surface area (Å²) in [5.41, 5.74) is 5.23. The minimum atomic E-state index is 0.684. The number of hydrogen-bond donors (Lipinski definition) is 0. The molecule has 5 nitrogen and oxygen atoms in total. The lowest BCUT2D eigenvalue weighted by atomic mass is 10.0. The third-order valence-electron chi connectivity index (χ3n) is 6.83. The number of ether oxygens (including phenoxy) is 1. The number of aryl methyl sites for hydroxylation is 1. The van der Waals surface area contributed by atoms with Crippen LogP contribution >= 0.6 is 0 Å². The van der Waals surface area contributed by atoms with E-state index in [4.69, 9.17) is 4.74 Å². The molecule has 3 heterocycles. The van der Waals surface area contributed by atoms with Gasteiger partial charge in [-0.05, 0) is 68.9 Å². The summed E-state index contributed by atoms with van der Waals surface area (Å²) in [6, 6.07) is 15.1. The minimum Gasteiger partial charge on any atom is -0.491 e. The molecule has 0 N–H and O–H groups in total. The first-order chi connectivity index (χ1) is 16.2. The Hall–Kier alpha value is -2.92. The summed E-state index contributed by atoms with van der Waals surface area (Å²) in [5.74, 6) is 1.66. The Kier molecular flexibility index (Phi) is 6.87. The molecule has 2 saturated heterocycles. The number of rotatable bonds is 6. The Morgan fingerprint density at radius 3 is 2.64 bits per heavy atom. The number of aromatic nitrogens is 2. The zero-order valence-corrected chi connectivity index (χ0v) is 19.7. The Morgan fingerprint density at radius 1 is 0.970 bits per heavy atom. The van der Waals surface area contributed by atoms with Crippen molar-refractivity contribution in [2.24, 2.45) is 0 Å². The van der Waals surface area contributed by atoms with Crippen LogP contribution in [0.4, 0.5) is 5.69 Å². The number of nitrogens with zero attached hydrogens (tertiary/aromatic N) is 4. The molecule has 2 fully saturated rings. The lowest BCUT2D eigenvalue weighted by Crippen LogP contribution is -2.34. The van der Waals surface area contributed by atoms with Crippen LogP contribution in [-0.4, -0.2) is 54.2 Å². The molecular formula is C28H34N4O. The second kappa shape index (κ2) is 10.3. The average Bonchev–Trinajstić information content (AvgIpc) is 2.86. The fraction of sp³-hybridized carbons (Fsp3) is 0.429. The van der Waals surface area contributed by atoms with Gasteiger partial charge in [0.05, 0.1) is 10.9 Å². The molecule has 33 heavy (non-hydrogen) atoms. The van der Waals surface area contributed by atoms with Crippen LogP contribution in [0.25, 0.3) is 17.0 Å². The van der Waals surface area contributed by atoms with Gasteiger partial charge < -0.3 is 9.64 Å². The van der Waals surface area contributed by atoms with Gasteiger partial charge in [-0.25, -0.2) is 9.97 Å². The van der Waals surface area contributed by atoms with Crippen LogP contribution in [-0.2, 0) is 0 Å². The van der Waals surface area contributed by atoms with E-state index < -0.39 is 0 Å². The highest BCUT2D eigenvalue weighted by Gasteiger charge is 2.15. The standard InChI is InChI=1S/C28H34N4O/c1-22-29-21-26-27(30-22)9-6-10-28(26)33-18-17-31-15-11-23(12-16-31)19-24-7-5-8-25(20-24)32-13-3-2-4-14-32/h5-10,19-21H,2-4,11-18H2,1H3. The number of piperidine rings is 2. The zero-order chi connectivity index (χ0) is 22.5. The normalized spacial score (nSPS) is 17.4. The minimum absolute atomic E-state index is 0.684. The number of benzene rings is 2. The van der Waals surface area contributed by atoms with Crippen molar-refractivity contribution in [2.75, 3.05) is 44.2 Å². The van der Waals surface area contributed by atoms with Crippen LogP contribution < -0.4 is 9.64 Å². The average molecular weight is 443 g/mol. The van der Waals surface area contributed by atoms with Crippen molar-refractivity contribution in [3.63, 3.8) is 0 Å². The topological polar surface area (TPSA) is 41.5 Å². The first-order valence-corrected chi connectivity index (χ1v) is 12.4. The number of hydrogen-bond acceptors (Lipinski definition) is 5. The molecule has 5 heteroatoms. The maximum absolute atomic E-state index is 6.11. The second-order valence-electron chi connectivity index (χ2n) is 9.24. The van der Waals surface area contributed by atoms with Gasteiger partial charge in [0.15, 0.2) is 0 Å². The smallest absolute Gasteiger partial charge is 0.130 e. The Balaban J connectivity index is 1.12. The second-order valence-corrected chi connectivity index (χ2v) is 9.24. The van der Waals surface area contributed by atoms with Crippen molar-refractivity contribution in [3.8, 4) is 5.75 Å². The van der Waals surface area contributed by atoms with Gasteiger partial charge in [0.2, 0.25) is 0 Å². The van der Waals surface area contributed by atoms with Gasteiger partial charge in [0.1, 0.15) is 18.2 Å². The molecule has 0 radical (unpaired) electrons. The van der Waals surface area contributed by atoms with Gasteiger partial charge in [0, 0.05) is 44.6 Å². The van der Waals surface area contributed by atoms with Crippen LogP contribution in [0.15, 0.2) is 54.2 Å². The highest BCUT2D eigenvalue weighted by Crippen LogP contribution is 2.26. The first kappa shape index (κ1) is 21.9. The fourth-order valence-corrected chi connectivity index (χ4v) is 4.94. The molecule has 0 unspecified atom stereocenters. The van der Waals surface area contributed by atoms with E-state index >= 15 is 0 Å². The van der Waals surface area contributed by atoms with Gasteiger partial charge in [0.25, 0.3) is 0 Å². The third-order valence-corrected chi connectivity index (χ3v) is 6.83. The maximum atomic E-state index is 6.11. The van der Waals surface area contributed by atoms with Crippen LogP contribution in [0.5, 0.6) is 5.75 Å². The van der Waals surface area contributed by atoms with Gasteiger partial charge in [-0.1, -0.05) is 29.8 Å². The molecule has 2 aliphatic heterocycles. The molecule has 0 amide bonds. The highest BCUT2D eigenvalue weighted by atomic mass is 16.5. The van der Waals surface area contributed by atoms with E-state index in [1.165, 1.54) is 43.6 Å². The van der Waals surface area contributed by atoms with Gasteiger partial charge in [-0.15, -0.1) is 0 Å². The molecule has 0 atom stereocenters. The van der Waals surface area contributed by atoms with Crippen molar-refractivity contribution in [2.45, 2.75) is 39.0 Å². The zero-order valence-electron chi connectivity index (χ0n) is 19.7. The lowest BCUT2D eigenvalue weighted by Gasteiger charge is -2.29. The Labute approximate surface area is 197 Å². The van der Waals surface area contributed by atoms with Gasteiger partial charge in [-0.2, -0.15) is 0 Å². The van der Waals surface area contributed by atoms with Crippen molar-refractivity contribution in [1.29, 1.82) is 0 Å². The van der Waals surface area contributed by atoms with Crippen molar-refractivity contribution in [1.82, 2.24) is 14.9 Å². The molecule has 5 rings (SSSR count). The Morgan fingerprint density at radius 2 is 1.79 bits per heavy atom. The monoisotopic (exact) mass is 442 g/mol. The number of likely N-dealkylation sites (tertiary alicyclic amines) is 1. The summed E-state index contributed by atoms with van der Waals surface area (Å²) in [6.07, 6.45) is 10.6. The first-order valence-electron chi connectivity index (χ1n) is 12.4. The highest BCUT2D eigenvalue weighted by molar-refractivity contribution is 5.84. The van der Waals surface area contributed by atoms with Crippen molar-refractivity contribution >= 4 is 22.7 Å². The molecule has 3 aromatic rings. The van der Waals surface area contributed by atoms with Crippen LogP contribution in [0, 0.1) is 6.92 Å². The molecule has 0 spiro atoms. The predicted molar refractivity (Wildman–Crippen MR) is 136 cm³/mol. The number of fused-ring (bicyclic) bond motifs is 1. The molecule has 172 valence electrons. The largest absolute Gasteiger partial charge is 0.491 e. The van der Waals surface area contributed by atoms with Crippen LogP contribution in [0.1, 0.15) is 43.5 Å². The van der Waals surface area contributed by atoms with E-state index in [0.717, 1.165) is 55.0 Å². The van der Waals surface area contributed by atoms with Crippen LogP contribution in [0.2, 0.25) is 0 Å². The van der Waals surface area contributed by atoms with E-state index in [9.17, 15) is 0 Å². The van der Waals surface area contributed by atoms with E-state index in [1.807, 2.05) is 31.3 Å². The number of anilines is 1. The Bertz CT molecular complexity index is 1110. The van der Waals surface area contributed by atoms with E-state index in [-0.39, 0.29) is 0 Å². The van der Waals surface area contributed by atoms with E-state index in [1.54, 1.807) is 5.57 Å². The van der Waals surface area contributed by atoms with E-state index in [2.05, 4.69) is 50.1 Å². The summed E-state index contributed by atoms with van der Waals surface area (Å²) in [7, 11) is 0. The molecule has 1 aromatic heterocycles. The predicted octanol–water partition coefficient (Wildman–Crippen LogP) is 5.49. The molecule has 0 saturated carbocycles. The lowest BCUT2D eigenvalue weighted by molar-refractivity contribution is 0.200. The van der Waals surface area contributed by atoms with Gasteiger partial charge in [-0.3, -0.25) is 4.90 Å². The summed E-state index contributed by atoms with van der Waals surface area (Å²) < 4.78 is 6.11. The maximum Gasteiger partial charge on any atom is 0.130 e. The molecular weight excluding hydrogens is 408 g/mol. The fourth-order valence-electron chi connectivity index (χ4n) is 4.94. The summed E-state index contributed by atoms with van der Waals surface area (Å²) in [4.78, 5) is 13.9. The van der Waals surface area contributed by atoms with Crippen molar-refractivity contribution < 1.29 is 4.74 Å². The summed E-state index contributed by atoms with van der Waals surface area (Å²) in [6.45, 7) is 8.13. The summed E-state index contributed by atoms with van der Waals surface area (Å²) >= 11 is 0. The third kappa shape index (κ3) is 5.53. The van der Waals surface area contributed by atoms with Crippen LogP contribution in [0.3, 0.4) is 0 Å². The molecule has 0 bridgehead atoms. The summed E-state index contributed by atoms with van der Waals surface area (Å²) in [5, 5.41) is 0.985.